The van der Waals surface area contributed by atoms with Gasteiger partial charge in [-0.05, 0) is 60.4 Å². The summed E-state index contributed by atoms with van der Waals surface area (Å²) in [4.78, 5) is 29.9. The van der Waals surface area contributed by atoms with E-state index in [2.05, 4.69) is 26.6 Å². The molecule has 0 aliphatic heterocycles. The van der Waals surface area contributed by atoms with E-state index in [1.807, 2.05) is 44.7 Å². The largest absolute Gasteiger partial charge is 0.465 e. The molecule has 0 saturated heterocycles. The molecule has 2 heterocycles. The lowest BCUT2D eigenvalue weighted by Gasteiger charge is -2.33. The Morgan fingerprint density at radius 1 is 1.27 bits per heavy atom. The third-order valence-corrected chi connectivity index (χ3v) is 5.58. The number of benzene rings is 1. The molecule has 178 valence electrons. The molecule has 0 radical (unpaired) electrons. The number of aliphatic hydroxyl groups excluding tert-OH is 1. The third-order valence-electron chi connectivity index (χ3n) is 5.58. The van der Waals surface area contributed by atoms with Crippen molar-refractivity contribution in [2.24, 2.45) is 5.92 Å². The molecule has 3 aromatic rings. The number of hydrogen-bond acceptors (Lipinski definition) is 8. The molecule has 2 aromatic heterocycles. The number of tetrazole rings is 1. The van der Waals surface area contributed by atoms with Gasteiger partial charge in [0.15, 0.2) is 5.82 Å². The Morgan fingerprint density at radius 2 is 2.03 bits per heavy atom. The number of aryl methyl sites for hydroxylation is 2. The number of aliphatic hydroxyl groups is 1. The molecule has 0 fully saturated rings. The first-order valence-electron chi connectivity index (χ1n) is 11.1. The molecule has 3 rings (SSSR count). The van der Waals surface area contributed by atoms with Crippen molar-refractivity contribution in [1.29, 1.82) is 0 Å². The minimum atomic E-state index is -0.431. The Bertz CT molecular complexity index is 1170. The van der Waals surface area contributed by atoms with E-state index in [1.165, 1.54) is 4.68 Å². The predicted octanol–water partition coefficient (Wildman–Crippen LogP) is 1.89. The summed E-state index contributed by atoms with van der Waals surface area (Å²) < 4.78 is 6.46. The Kier molecular flexibility index (Phi) is 7.93. The number of fused-ring (bicyclic) bond motifs is 1. The smallest absolute Gasteiger partial charge is 0.327 e. The number of nitrogens with one attached hydrogen (secondary N) is 1. The fourth-order valence-electron chi connectivity index (χ4n) is 4.25. The van der Waals surface area contributed by atoms with Gasteiger partial charge >= 0.3 is 5.97 Å². The summed E-state index contributed by atoms with van der Waals surface area (Å²) in [6, 6.07) is 5.61. The molecular formula is C23H32N6O4. The zero-order valence-electron chi connectivity index (χ0n) is 19.8. The van der Waals surface area contributed by atoms with Gasteiger partial charge in [-0.1, -0.05) is 19.9 Å². The van der Waals surface area contributed by atoms with E-state index in [0.717, 1.165) is 22.0 Å². The fraction of sp³-hybridized carbons (Fsp3) is 0.522. The summed E-state index contributed by atoms with van der Waals surface area (Å²) in [5.74, 6) is 0.0851. The van der Waals surface area contributed by atoms with E-state index in [9.17, 15) is 14.7 Å². The van der Waals surface area contributed by atoms with E-state index in [-0.39, 0.29) is 43.8 Å². The van der Waals surface area contributed by atoms with Crippen LogP contribution in [0.15, 0.2) is 23.0 Å². The first-order valence-corrected chi connectivity index (χ1v) is 11.1. The molecule has 0 aliphatic carbocycles. The van der Waals surface area contributed by atoms with Crippen LogP contribution in [0.5, 0.6) is 0 Å². The summed E-state index contributed by atoms with van der Waals surface area (Å²) in [6.45, 7) is 10.4. The zero-order chi connectivity index (χ0) is 24.1. The Morgan fingerprint density at radius 3 is 2.70 bits per heavy atom. The summed E-state index contributed by atoms with van der Waals surface area (Å²) in [5.41, 5.74) is 3.37. The predicted molar refractivity (Wildman–Crippen MR) is 124 cm³/mol. The maximum absolute atomic E-state index is 12.9. The summed E-state index contributed by atoms with van der Waals surface area (Å²) in [7, 11) is 0. The summed E-state index contributed by atoms with van der Waals surface area (Å²) in [5, 5.41) is 22.7. The monoisotopic (exact) mass is 456 g/mol. The van der Waals surface area contributed by atoms with Crippen LogP contribution in [0.4, 0.5) is 0 Å². The van der Waals surface area contributed by atoms with Crippen molar-refractivity contribution in [3.8, 4) is 0 Å². The van der Waals surface area contributed by atoms with Crippen LogP contribution in [0.1, 0.15) is 49.3 Å². The van der Waals surface area contributed by atoms with Crippen molar-refractivity contribution in [2.75, 3.05) is 19.8 Å². The van der Waals surface area contributed by atoms with Crippen molar-refractivity contribution in [1.82, 2.24) is 30.1 Å². The lowest BCUT2D eigenvalue weighted by molar-refractivity contribution is -0.144. The molecule has 10 nitrogen and oxygen atoms in total. The Hall–Kier alpha value is -3.11. The quantitative estimate of drug-likeness (QED) is 0.443. The third kappa shape index (κ3) is 5.63. The number of nitrogens with zero attached hydrogens (tertiary/aromatic N) is 5. The number of aromatic nitrogens is 5. The van der Waals surface area contributed by atoms with E-state index in [4.69, 9.17) is 4.74 Å². The van der Waals surface area contributed by atoms with E-state index < -0.39 is 5.97 Å². The number of aromatic amines is 1. The van der Waals surface area contributed by atoms with Gasteiger partial charge in [0.05, 0.1) is 19.3 Å². The highest BCUT2D eigenvalue weighted by molar-refractivity contribution is 5.83. The van der Waals surface area contributed by atoms with Gasteiger partial charge in [-0.15, -0.1) is 5.10 Å². The average Bonchev–Trinajstić information content (AvgIpc) is 3.16. The topological polar surface area (TPSA) is 126 Å². The highest BCUT2D eigenvalue weighted by Crippen LogP contribution is 2.28. The highest BCUT2D eigenvalue weighted by Gasteiger charge is 2.30. The Balaban J connectivity index is 1.99. The van der Waals surface area contributed by atoms with Crippen molar-refractivity contribution in [3.63, 3.8) is 0 Å². The molecule has 1 atom stereocenters. The number of carbonyl (C=O) groups is 1. The first-order chi connectivity index (χ1) is 15.7. The number of esters is 1. The van der Waals surface area contributed by atoms with Crippen LogP contribution in [0.3, 0.4) is 0 Å². The van der Waals surface area contributed by atoms with E-state index >= 15 is 0 Å². The van der Waals surface area contributed by atoms with Crippen LogP contribution in [-0.2, 0) is 22.6 Å². The summed E-state index contributed by atoms with van der Waals surface area (Å²) in [6.07, 6.45) is 0. The molecule has 0 amide bonds. The van der Waals surface area contributed by atoms with Crippen LogP contribution < -0.4 is 5.56 Å². The van der Waals surface area contributed by atoms with Gasteiger partial charge in [-0.2, -0.15) is 0 Å². The van der Waals surface area contributed by atoms with Crippen molar-refractivity contribution in [2.45, 2.75) is 53.8 Å². The van der Waals surface area contributed by atoms with Gasteiger partial charge in [0.2, 0.25) is 0 Å². The minimum Gasteiger partial charge on any atom is -0.465 e. The van der Waals surface area contributed by atoms with Crippen LogP contribution in [0, 0.1) is 19.8 Å². The normalized spacial score (nSPS) is 12.6. The first kappa shape index (κ1) is 24.5. The lowest BCUT2D eigenvalue weighted by atomic mass is 10.00. The molecule has 1 unspecified atom stereocenters. The average molecular weight is 457 g/mol. The second-order valence-electron chi connectivity index (χ2n) is 8.55. The van der Waals surface area contributed by atoms with Gasteiger partial charge in [-0.3, -0.25) is 14.5 Å². The molecule has 1 aromatic carbocycles. The molecular weight excluding hydrogens is 424 g/mol. The summed E-state index contributed by atoms with van der Waals surface area (Å²) >= 11 is 0. The number of rotatable bonds is 10. The van der Waals surface area contributed by atoms with Crippen LogP contribution in [-0.4, -0.2) is 60.9 Å². The molecule has 0 aliphatic rings. The molecule has 10 heteroatoms. The fourth-order valence-corrected chi connectivity index (χ4v) is 4.25. The van der Waals surface area contributed by atoms with Gasteiger partial charge < -0.3 is 14.8 Å². The van der Waals surface area contributed by atoms with Crippen LogP contribution >= 0.6 is 0 Å². The number of H-pyrrole nitrogens is 1. The minimum absolute atomic E-state index is 0.0346. The van der Waals surface area contributed by atoms with Crippen molar-refractivity contribution < 1.29 is 14.6 Å². The SMILES string of the molecule is CCOC(=O)Cn1nnnc1C(C(C)C)N(CCO)Cc1cc2c(C)cc(C)cc2[nH]c1=O. The van der Waals surface area contributed by atoms with Gasteiger partial charge in [0.1, 0.15) is 6.54 Å². The Labute approximate surface area is 192 Å². The number of carbonyl (C=O) groups excluding carboxylic acids is 1. The number of ether oxygens (including phenoxy) is 1. The molecule has 0 bridgehead atoms. The standard InChI is InChI=1S/C23H32N6O4/c1-6-33-20(31)13-29-22(25-26-27-29)21(14(2)3)28(7-8-30)12-17-11-18-16(5)9-15(4)10-19(18)24-23(17)32/h9-11,14,21,30H,6-8,12-13H2,1-5H3,(H,24,32). The second-order valence-corrected chi connectivity index (χ2v) is 8.55. The number of hydrogen-bond donors (Lipinski definition) is 2. The van der Waals surface area contributed by atoms with Gasteiger partial charge in [0, 0.05) is 29.6 Å². The maximum Gasteiger partial charge on any atom is 0.327 e. The van der Waals surface area contributed by atoms with Crippen molar-refractivity contribution in [3.05, 3.63) is 51.1 Å². The van der Waals surface area contributed by atoms with E-state index in [0.29, 0.717) is 17.9 Å². The lowest BCUT2D eigenvalue weighted by Crippen LogP contribution is -2.37. The second kappa shape index (κ2) is 10.7. The maximum atomic E-state index is 12.9. The van der Waals surface area contributed by atoms with Crippen LogP contribution in [0.25, 0.3) is 10.9 Å². The molecule has 2 N–H and O–H groups in total. The molecule has 0 saturated carbocycles. The number of pyridine rings is 1. The zero-order valence-corrected chi connectivity index (χ0v) is 19.8. The van der Waals surface area contributed by atoms with E-state index in [1.54, 1.807) is 6.92 Å². The molecule has 0 spiro atoms. The van der Waals surface area contributed by atoms with Gasteiger partial charge in [0.25, 0.3) is 5.56 Å². The molecule has 33 heavy (non-hydrogen) atoms. The van der Waals surface area contributed by atoms with Crippen molar-refractivity contribution >= 4 is 16.9 Å². The van der Waals surface area contributed by atoms with Gasteiger partial charge in [-0.25, -0.2) is 4.68 Å². The van der Waals surface area contributed by atoms with Crippen LogP contribution in [0.2, 0.25) is 0 Å². The highest BCUT2D eigenvalue weighted by atomic mass is 16.5.